The van der Waals surface area contributed by atoms with E-state index in [1.807, 2.05) is 0 Å². The normalized spacial score (nSPS) is 10.7. The van der Waals surface area contributed by atoms with Crippen LogP contribution in [-0.4, -0.2) is 18.1 Å². The molecule has 1 aromatic heterocycles. The number of thiophene rings is 1. The second-order valence-corrected chi connectivity index (χ2v) is 11.1. The predicted molar refractivity (Wildman–Crippen MR) is 115 cm³/mol. The molecule has 0 saturated carbocycles. The van der Waals surface area contributed by atoms with Crippen LogP contribution in [0, 0.1) is 11.8 Å². The molecule has 1 heterocycles. The molecule has 0 bridgehead atoms. The maximum absolute atomic E-state index is 5.44. The Morgan fingerprint density at radius 2 is 1.71 bits per heavy atom. The van der Waals surface area contributed by atoms with E-state index in [0.29, 0.717) is 0 Å². The summed E-state index contributed by atoms with van der Waals surface area (Å²) >= 11 is 6.21. The van der Waals surface area contributed by atoms with E-state index in [4.69, 9.17) is 3.07 Å². The molecule has 0 aliphatic rings. The van der Waals surface area contributed by atoms with Gasteiger partial charge in [0.25, 0.3) is 0 Å². The van der Waals surface area contributed by atoms with E-state index in [1.54, 1.807) is 11.3 Å². The van der Waals surface area contributed by atoms with Crippen LogP contribution >= 0.6 is 41.7 Å². The van der Waals surface area contributed by atoms with Crippen LogP contribution < -0.4 is 17.6 Å². The Labute approximate surface area is 177 Å². The zero-order valence-corrected chi connectivity index (χ0v) is 20.4. The van der Waals surface area contributed by atoms with Crippen molar-refractivity contribution in [3.8, 4) is 11.8 Å². The van der Waals surface area contributed by atoms with Crippen LogP contribution in [0.4, 0.5) is 0 Å². The number of hydrogen-bond donors (Lipinski definition) is 0. The molecular formula is C19H29I2OS2-. The first kappa shape index (κ1) is 23.1. The van der Waals surface area contributed by atoms with Gasteiger partial charge in [-0.3, -0.25) is 0 Å². The zero-order valence-electron chi connectivity index (χ0n) is 14.4. The Balaban J connectivity index is 1.72. The quantitative estimate of drug-likeness (QED) is 0.173. The van der Waals surface area contributed by atoms with Crippen LogP contribution in [0.15, 0.2) is 17.5 Å². The van der Waals surface area contributed by atoms with E-state index in [1.165, 1.54) is 74.2 Å². The SMILES string of the molecule is I[I-]OCCCSCCCCCCCCCCC#Cc1cccs1. The summed E-state index contributed by atoms with van der Waals surface area (Å²) in [7, 11) is 0. The van der Waals surface area contributed by atoms with Crippen LogP contribution in [-0.2, 0) is 3.07 Å². The van der Waals surface area contributed by atoms with Crippen molar-refractivity contribution < 1.29 is 20.7 Å². The summed E-state index contributed by atoms with van der Waals surface area (Å²) in [4.78, 5) is 1.20. The van der Waals surface area contributed by atoms with Gasteiger partial charge >= 0.3 is 114 Å². The van der Waals surface area contributed by atoms with Gasteiger partial charge in [0, 0.05) is 6.42 Å². The second kappa shape index (κ2) is 18.8. The number of rotatable bonds is 15. The van der Waals surface area contributed by atoms with Crippen molar-refractivity contribution in [1.29, 1.82) is 0 Å². The van der Waals surface area contributed by atoms with Crippen molar-refractivity contribution in [1.82, 2.24) is 0 Å². The van der Waals surface area contributed by atoms with Gasteiger partial charge in [0.2, 0.25) is 0 Å². The monoisotopic (exact) mass is 591 g/mol. The molecule has 0 aromatic carbocycles. The average Bonchev–Trinajstić information content (AvgIpc) is 3.11. The summed E-state index contributed by atoms with van der Waals surface area (Å²) < 4.78 is 5.44. The molecule has 0 atom stereocenters. The summed E-state index contributed by atoms with van der Waals surface area (Å²) in [5.41, 5.74) is 0. The Hall–Kier alpha value is 1.03. The zero-order chi connectivity index (χ0) is 17.1. The van der Waals surface area contributed by atoms with Crippen molar-refractivity contribution in [3.05, 3.63) is 22.4 Å². The van der Waals surface area contributed by atoms with Crippen LogP contribution in [0.5, 0.6) is 0 Å². The molecular weight excluding hydrogens is 562 g/mol. The smallest absolute Gasteiger partial charge is 0.135 e. The third-order valence-electron chi connectivity index (χ3n) is 3.62. The topological polar surface area (TPSA) is 9.23 Å². The molecule has 0 N–H and O–H groups in total. The molecule has 0 unspecified atom stereocenters. The van der Waals surface area contributed by atoms with Gasteiger partial charge in [0.1, 0.15) is 0 Å². The molecule has 0 aliphatic carbocycles. The molecule has 0 spiro atoms. The van der Waals surface area contributed by atoms with E-state index in [2.05, 4.69) is 59.7 Å². The minimum absolute atomic E-state index is 0.00897. The Morgan fingerprint density at radius 1 is 1.00 bits per heavy atom. The maximum atomic E-state index is 5.44. The standard InChI is InChI=1S/C19H29I2OS2/c20-21-22-15-12-17-23-16-10-8-6-4-2-1-3-5-7-9-13-19-14-11-18-24-19/h11,14,18H,1-8,10,12,15-17H2/q-1. The number of hydrogen-bond acceptors (Lipinski definition) is 3. The summed E-state index contributed by atoms with van der Waals surface area (Å²) in [5.74, 6) is 9.13. The van der Waals surface area contributed by atoms with Crippen molar-refractivity contribution in [2.75, 3.05) is 18.1 Å². The Bertz CT molecular complexity index is 426. The van der Waals surface area contributed by atoms with Crippen molar-refractivity contribution in [2.45, 2.75) is 64.2 Å². The molecule has 1 nitrogen and oxygen atoms in total. The first-order valence-electron chi connectivity index (χ1n) is 8.91. The minimum Gasteiger partial charge on any atom is -0.135 e. The minimum atomic E-state index is 0.00897. The fraction of sp³-hybridized carbons (Fsp3) is 0.684. The van der Waals surface area contributed by atoms with Gasteiger partial charge < -0.3 is 0 Å². The van der Waals surface area contributed by atoms with Gasteiger partial charge in [-0.2, -0.15) is 0 Å². The summed E-state index contributed by atoms with van der Waals surface area (Å²) in [6.07, 6.45) is 13.3. The average molecular weight is 591 g/mol. The van der Waals surface area contributed by atoms with Gasteiger partial charge in [-0.1, -0.05) is 24.3 Å². The van der Waals surface area contributed by atoms with E-state index in [0.717, 1.165) is 13.0 Å². The fourth-order valence-electron chi connectivity index (χ4n) is 2.32. The molecule has 24 heavy (non-hydrogen) atoms. The third kappa shape index (κ3) is 15.3. The van der Waals surface area contributed by atoms with E-state index in [-0.39, 0.29) is 17.6 Å². The third-order valence-corrected chi connectivity index (χ3v) is 7.82. The molecule has 138 valence electrons. The summed E-state index contributed by atoms with van der Waals surface area (Å²) in [6, 6.07) is 4.16. The van der Waals surface area contributed by atoms with Crippen LogP contribution in [0.3, 0.4) is 0 Å². The van der Waals surface area contributed by atoms with Crippen molar-refractivity contribution in [2.24, 2.45) is 0 Å². The Kier molecular flexibility index (Phi) is 18.1. The van der Waals surface area contributed by atoms with Gasteiger partial charge in [0.15, 0.2) is 0 Å². The van der Waals surface area contributed by atoms with Gasteiger partial charge in [-0.25, -0.2) is 0 Å². The molecule has 5 heteroatoms. The van der Waals surface area contributed by atoms with E-state index in [9.17, 15) is 0 Å². The molecule has 0 fully saturated rings. The molecule has 0 radical (unpaired) electrons. The van der Waals surface area contributed by atoms with Crippen molar-refractivity contribution in [3.63, 3.8) is 0 Å². The molecule has 0 aliphatic heterocycles. The first-order chi connectivity index (χ1) is 11.9. The van der Waals surface area contributed by atoms with Crippen LogP contribution in [0.2, 0.25) is 0 Å². The summed E-state index contributed by atoms with van der Waals surface area (Å²) in [6.45, 7) is 0.975. The van der Waals surface area contributed by atoms with Crippen LogP contribution in [0.25, 0.3) is 0 Å². The molecule has 1 aromatic rings. The number of halogens is 2. The molecule has 0 amide bonds. The van der Waals surface area contributed by atoms with Gasteiger partial charge in [-0.05, 0) is 17.9 Å². The van der Waals surface area contributed by atoms with E-state index >= 15 is 0 Å². The number of unbranched alkanes of at least 4 members (excludes halogenated alkanes) is 8. The molecule has 0 saturated heterocycles. The van der Waals surface area contributed by atoms with Gasteiger partial charge in [0.05, 0.1) is 4.88 Å². The Morgan fingerprint density at radius 3 is 2.42 bits per heavy atom. The van der Waals surface area contributed by atoms with Crippen LogP contribution in [0.1, 0.15) is 69.1 Å². The van der Waals surface area contributed by atoms with E-state index < -0.39 is 0 Å². The van der Waals surface area contributed by atoms with Crippen molar-refractivity contribution >= 4 is 41.7 Å². The fourth-order valence-corrected chi connectivity index (χ4v) is 5.45. The molecule has 1 rings (SSSR count). The summed E-state index contributed by atoms with van der Waals surface area (Å²) in [5, 5.41) is 2.09. The van der Waals surface area contributed by atoms with Gasteiger partial charge in [-0.15, -0.1) is 11.3 Å². The first-order valence-corrected chi connectivity index (χ1v) is 18.1. The number of thioether (sulfide) groups is 1. The predicted octanol–water partition coefficient (Wildman–Crippen LogP) is 4.10. The second-order valence-electron chi connectivity index (χ2n) is 5.69.